The van der Waals surface area contributed by atoms with Crippen molar-refractivity contribution in [1.82, 2.24) is 10.3 Å². The maximum absolute atomic E-state index is 12.8. The summed E-state index contributed by atoms with van der Waals surface area (Å²) in [5.74, 6) is 0.0526. The number of carbonyl (C=O) groups excluding carboxylic acids is 1. The first-order valence-electron chi connectivity index (χ1n) is 6.66. The van der Waals surface area contributed by atoms with Crippen LogP contribution in [0.4, 0.5) is 4.39 Å². The molecule has 2 unspecified atom stereocenters. The average molecular weight is 270 g/mol. The van der Waals surface area contributed by atoms with Crippen LogP contribution >= 0.6 is 0 Å². The summed E-state index contributed by atoms with van der Waals surface area (Å²) in [5, 5.41) is 2.92. The zero-order valence-electron chi connectivity index (χ0n) is 10.9. The molecule has 4 heteroatoms. The van der Waals surface area contributed by atoms with Crippen molar-refractivity contribution in [2.45, 2.75) is 18.9 Å². The highest BCUT2D eigenvalue weighted by molar-refractivity contribution is 5.82. The zero-order valence-corrected chi connectivity index (χ0v) is 10.9. The Morgan fingerprint density at radius 2 is 2.10 bits per heavy atom. The number of pyridine rings is 1. The Labute approximate surface area is 116 Å². The van der Waals surface area contributed by atoms with Crippen molar-refractivity contribution in [3.8, 4) is 0 Å². The minimum atomic E-state index is -0.244. The van der Waals surface area contributed by atoms with Crippen molar-refractivity contribution in [3.63, 3.8) is 0 Å². The molecule has 0 saturated heterocycles. The smallest absolute Gasteiger partial charge is 0.224 e. The molecule has 2 atom stereocenters. The third kappa shape index (κ3) is 2.85. The summed E-state index contributed by atoms with van der Waals surface area (Å²) in [7, 11) is 0. The van der Waals surface area contributed by atoms with Gasteiger partial charge in [0.2, 0.25) is 5.91 Å². The second kappa shape index (κ2) is 5.41. The highest BCUT2D eigenvalue weighted by Gasteiger charge is 2.43. The first-order valence-corrected chi connectivity index (χ1v) is 6.66. The topological polar surface area (TPSA) is 42.0 Å². The molecule has 102 valence electrons. The first-order chi connectivity index (χ1) is 9.74. The second-order valence-corrected chi connectivity index (χ2v) is 5.08. The van der Waals surface area contributed by atoms with E-state index in [1.807, 2.05) is 12.1 Å². The largest absolute Gasteiger partial charge is 0.352 e. The van der Waals surface area contributed by atoms with Gasteiger partial charge in [0.15, 0.2) is 0 Å². The van der Waals surface area contributed by atoms with E-state index in [0.717, 1.165) is 17.5 Å². The van der Waals surface area contributed by atoms with E-state index in [4.69, 9.17) is 0 Å². The third-order valence-electron chi connectivity index (χ3n) is 3.61. The summed E-state index contributed by atoms with van der Waals surface area (Å²) in [4.78, 5) is 16.0. The molecule has 0 radical (unpaired) electrons. The number of halogens is 1. The lowest BCUT2D eigenvalue weighted by Crippen LogP contribution is -2.24. The van der Waals surface area contributed by atoms with E-state index in [0.29, 0.717) is 6.54 Å². The number of benzene rings is 1. The van der Waals surface area contributed by atoms with E-state index in [1.165, 1.54) is 12.1 Å². The number of amides is 1. The van der Waals surface area contributed by atoms with Crippen LogP contribution < -0.4 is 5.32 Å². The molecule has 1 fully saturated rings. The van der Waals surface area contributed by atoms with Gasteiger partial charge in [-0.05, 0) is 41.7 Å². The van der Waals surface area contributed by atoms with Crippen molar-refractivity contribution in [1.29, 1.82) is 0 Å². The normalized spacial score (nSPS) is 20.4. The first kappa shape index (κ1) is 12.8. The quantitative estimate of drug-likeness (QED) is 0.928. The van der Waals surface area contributed by atoms with Crippen molar-refractivity contribution < 1.29 is 9.18 Å². The lowest BCUT2D eigenvalue weighted by molar-refractivity contribution is -0.122. The molecule has 2 aromatic rings. The number of carbonyl (C=O) groups is 1. The summed E-state index contributed by atoms with van der Waals surface area (Å²) >= 11 is 0. The van der Waals surface area contributed by atoms with Crippen LogP contribution in [0.1, 0.15) is 23.5 Å². The molecule has 1 amide bonds. The molecule has 1 aromatic carbocycles. The number of rotatable bonds is 4. The molecular weight excluding hydrogens is 255 g/mol. The van der Waals surface area contributed by atoms with Gasteiger partial charge in [-0.1, -0.05) is 18.2 Å². The lowest BCUT2D eigenvalue weighted by atomic mass is 10.1. The Kier molecular flexibility index (Phi) is 3.46. The molecule has 3 rings (SSSR count). The summed E-state index contributed by atoms with van der Waals surface area (Å²) in [6.45, 7) is 0.499. The summed E-state index contributed by atoms with van der Waals surface area (Å²) < 4.78 is 12.8. The van der Waals surface area contributed by atoms with Gasteiger partial charge in [-0.25, -0.2) is 4.39 Å². The third-order valence-corrected chi connectivity index (χ3v) is 3.61. The van der Waals surface area contributed by atoms with Gasteiger partial charge in [0.05, 0.1) is 0 Å². The molecule has 20 heavy (non-hydrogen) atoms. The summed E-state index contributed by atoms with van der Waals surface area (Å²) in [6, 6.07) is 10.2. The van der Waals surface area contributed by atoms with E-state index in [2.05, 4.69) is 10.3 Å². The molecular formula is C16H15FN2O. The Bertz CT molecular complexity index is 598. The maximum Gasteiger partial charge on any atom is 0.224 e. The Hall–Kier alpha value is -2.23. The van der Waals surface area contributed by atoms with E-state index in [1.54, 1.807) is 24.5 Å². The van der Waals surface area contributed by atoms with Crippen molar-refractivity contribution >= 4 is 5.91 Å². The van der Waals surface area contributed by atoms with Gasteiger partial charge in [0, 0.05) is 24.9 Å². The molecule has 1 aliphatic carbocycles. The van der Waals surface area contributed by atoms with Gasteiger partial charge >= 0.3 is 0 Å². The van der Waals surface area contributed by atoms with Crippen molar-refractivity contribution in [2.24, 2.45) is 5.92 Å². The molecule has 1 N–H and O–H groups in total. The highest BCUT2D eigenvalue weighted by Crippen LogP contribution is 2.47. The lowest BCUT2D eigenvalue weighted by Gasteiger charge is -2.05. The highest BCUT2D eigenvalue weighted by atomic mass is 19.1. The van der Waals surface area contributed by atoms with Crippen LogP contribution in [-0.2, 0) is 11.3 Å². The van der Waals surface area contributed by atoms with Crippen LogP contribution in [0, 0.1) is 11.7 Å². The number of hydrogen-bond donors (Lipinski definition) is 1. The fourth-order valence-corrected chi connectivity index (χ4v) is 2.39. The molecule has 1 aromatic heterocycles. The molecule has 1 heterocycles. The second-order valence-electron chi connectivity index (χ2n) is 5.08. The standard InChI is InChI=1S/C16H15FN2O/c17-13-5-3-12(4-6-13)14-8-15(14)16(20)19-10-11-2-1-7-18-9-11/h1-7,9,14-15H,8,10H2,(H,19,20). The van der Waals surface area contributed by atoms with E-state index in [-0.39, 0.29) is 23.6 Å². The van der Waals surface area contributed by atoms with Gasteiger partial charge in [-0.15, -0.1) is 0 Å². The average Bonchev–Trinajstić information content (AvgIpc) is 3.27. The van der Waals surface area contributed by atoms with E-state index in [9.17, 15) is 9.18 Å². The number of nitrogens with zero attached hydrogens (tertiary/aromatic N) is 1. The van der Waals surface area contributed by atoms with Gasteiger partial charge in [-0.3, -0.25) is 9.78 Å². The SMILES string of the molecule is O=C(NCc1cccnc1)C1CC1c1ccc(F)cc1. The summed E-state index contributed by atoms with van der Waals surface area (Å²) in [6.07, 6.45) is 4.28. The van der Waals surface area contributed by atoms with Crippen LogP contribution in [0.15, 0.2) is 48.8 Å². The Morgan fingerprint density at radius 1 is 1.30 bits per heavy atom. The van der Waals surface area contributed by atoms with E-state index >= 15 is 0 Å². The monoisotopic (exact) mass is 270 g/mol. The zero-order chi connectivity index (χ0) is 13.9. The minimum Gasteiger partial charge on any atom is -0.352 e. The van der Waals surface area contributed by atoms with Gasteiger partial charge < -0.3 is 5.32 Å². The molecule has 3 nitrogen and oxygen atoms in total. The molecule has 1 saturated carbocycles. The van der Waals surface area contributed by atoms with Crippen LogP contribution in [0.5, 0.6) is 0 Å². The van der Waals surface area contributed by atoms with Crippen LogP contribution in [-0.4, -0.2) is 10.9 Å². The number of nitrogens with one attached hydrogen (secondary N) is 1. The van der Waals surface area contributed by atoms with Gasteiger partial charge in [0.1, 0.15) is 5.82 Å². The predicted molar refractivity (Wildman–Crippen MR) is 73.3 cm³/mol. The maximum atomic E-state index is 12.8. The van der Waals surface area contributed by atoms with E-state index < -0.39 is 0 Å². The molecule has 0 spiro atoms. The Balaban J connectivity index is 1.54. The predicted octanol–water partition coefficient (Wildman–Crippen LogP) is 2.64. The van der Waals surface area contributed by atoms with Crippen molar-refractivity contribution in [2.75, 3.05) is 0 Å². The summed E-state index contributed by atoms with van der Waals surface area (Å²) in [5.41, 5.74) is 2.02. The number of aromatic nitrogens is 1. The molecule has 0 bridgehead atoms. The van der Waals surface area contributed by atoms with Gasteiger partial charge in [0.25, 0.3) is 0 Å². The van der Waals surface area contributed by atoms with Crippen LogP contribution in [0.25, 0.3) is 0 Å². The van der Waals surface area contributed by atoms with Crippen molar-refractivity contribution in [3.05, 3.63) is 65.7 Å². The molecule has 0 aliphatic heterocycles. The Morgan fingerprint density at radius 3 is 2.80 bits per heavy atom. The van der Waals surface area contributed by atoms with Crippen LogP contribution in [0.3, 0.4) is 0 Å². The van der Waals surface area contributed by atoms with Crippen LogP contribution in [0.2, 0.25) is 0 Å². The number of hydrogen-bond acceptors (Lipinski definition) is 2. The fourth-order valence-electron chi connectivity index (χ4n) is 2.39. The van der Waals surface area contributed by atoms with Gasteiger partial charge in [-0.2, -0.15) is 0 Å². The fraction of sp³-hybridized carbons (Fsp3) is 0.250. The molecule has 1 aliphatic rings. The minimum absolute atomic E-state index is 0.0112.